The Bertz CT molecular complexity index is 530. The smallest absolute Gasteiger partial charge is 0.222 e. The third-order valence-corrected chi connectivity index (χ3v) is 5.21. The molecule has 1 aliphatic rings. The van der Waals surface area contributed by atoms with Crippen LogP contribution in [-0.2, 0) is 11.3 Å². The largest absolute Gasteiger partial charge is 0.496 e. The highest BCUT2D eigenvalue weighted by atomic mass is 79.9. The Hall–Kier alpha value is -1.07. The molecule has 0 aromatic heterocycles. The van der Waals surface area contributed by atoms with Gasteiger partial charge in [-0.25, -0.2) is 0 Å². The lowest BCUT2D eigenvalue weighted by molar-refractivity contribution is -0.131. The lowest BCUT2D eigenvalue weighted by Gasteiger charge is -2.29. The normalized spacial score (nSPS) is 19.2. The van der Waals surface area contributed by atoms with Crippen LogP contribution >= 0.6 is 15.9 Å². The number of amides is 1. The van der Waals surface area contributed by atoms with Crippen molar-refractivity contribution in [2.24, 2.45) is 11.8 Å². The molecule has 2 unspecified atom stereocenters. The quantitative estimate of drug-likeness (QED) is 0.818. The summed E-state index contributed by atoms with van der Waals surface area (Å²) in [5.74, 6) is 2.05. The molecule has 1 N–H and O–H groups in total. The number of piperidine rings is 1. The summed E-state index contributed by atoms with van der Waals surface area (Å²) < 4.78 is 6.39. The summed E-state index contributed by atoms with van der Waals surface area (Å²) in [5.41, 5.74) is 1.02. The number of carbonyl (C=O) groups is 1. The topological polar surface area (TPSA) is 41.6 Å². The Labute approximate surface area is 147 Å². The molecule has 2 atom stereocenters. The zero-order valence-electron chi connectivity index (χ0n) is 14.3. The van der Waals surface area contributed by atoms with Gasteiger partial charge in [-0.15, -0.1) is 0 Å². The lowest BCUT2D eigenvalue weighted by Crippen LogP contribution is -2.36. The molecular weight excluding hydrogens is 356 g/mol. The van der Waals surface area contributed by atoms with Crippen molar-refractivity contribution in [1.29, 1.82) is 0 Å². The van der Waals surface area contributed by atoms with E-state index in [0.717, 1.165) is 28.9 Å². The summed E-state index contributed by atoms with van der Waals surface area (Å²) in [4.78, 5) is 14.3. The van der Waals surface area contributed by atoms with Crippen LogP contribution in [0.1, 0.15) is 31.7 Å². The molecule has 1 fully saturated rings. The molecule has 1 amide bonds. The molecule has 0 radical (unpaired) electrons. The number of carbonyl (C=O) groups excluding carboxylic acids is 1. The van der Waals surface area contributed by atoms with E-state index in [9.17, 15) is 4.79 Å². The third-order valence-electron chi connectivity index (χ3n) is 4.71. The van der Waals surface area contributed by atoms with Gasteiger partial charge in [0.2, 0.25) is 5.91 Å². The first-order valence-electron chi connectivity index (χ1n) is 8.28. The summed E-state index contributed by atoms with van der Waals surface area (Å²) >= 11 is 3.48. The van der Waals surface area contributed by atoms with Gasteiger partial charge in [-0.2, -0.15) is 0 Å². The van der Waals surface area contributed by atoms with Gasteiger partial charge in [0.1, 0.15) is 5.75 Å². The SMILES string of the molecule is COc1ccc(Br)cc1CN(C)C(=O)CC(C)C1CCCNC1. The van der Waals surface area contributed by atoms with E-state index in [2.05, 4.69) is 28.2 Å². The van der Waals surface area contributed by atoms with E-state index in [4.69, 9.17) is 4.74 Å². The Morgan fingerprint density at radius 1 is 1.52 bits per heavy atom. The average Bonchev–Trinajstić information content (AvgIpc) is 2.55. The highest BCUT2D eigenvalue weighted by Gasteiger charge is 2.23. The van der Waals surface area contributed by atoms with E-state index in [1.54, 1.807) is 12.0 Å². The van der Waals surface area contributed by atoms with Crippen LogP contribution in [0.3, 0.4) is 0 Å². The Morgan fingerprint density at radius 3 is 2.96 bits per heavy atom. The van der Waals surface area contributed by atoms with E-state index < -0.39 is 0 Å². The Morgan fingerprint density at radius 2 is 2.30 bits per heavy atom. The van der Waals surface area contributed by atoms with E-state index in [1.807, 2.05) is 25.2 Å². The van der Waals surface area contributed by atoms with Gasteiger partial charge in [0.05, 0.1) is 7.11 Å². The van der Waals surface area contributed by atoms with Crippen LogP contribution < -0.4 is 10.1 Å². The molecule has 0 bridgehead atoms. The van der Waals surface area contributed by atoms with Crippen molar-refractivity contribution in [3.8, 4) is 5.75 Å². The monoisotopic (exact) mass is 382 g/mol. The highest BCUT2D eigenvalue weighted by molar-refractivity contribution is 9.10. The van der Waals surface area contributed by atoms with Crippen molar-refractivity contribution in [2.75, 3.05) is 27.2 Å². The number of nitrogens with zero attached hydrogens (tertiary/aromatic N) is 1. The molecule has 1 aromatic carbocycles. The van der Waals surface area contributed by atoms with Gasteiger partial charge in [-0.1, -0.05) is 22.9 Å². The average molecular weight is 383 g/mol. The number of hydrogen-bond acceptors (Lipinski definition) is 3. The number of ether oxygens (including phenoxy) is 1. The molecule has 0 spiro atoms. The molecule has 4 nitrogen and oxygen atoms in total. The lowest BCUT2D eigenvalue weighted by atomic mass is 9.85. The van der Waals surface area contributed by atoms with Gasteiger partial charge in [-0.05, 0) is 56.0 Å². The predicted octanol–water partition coefficient (Wildman–Crippen LogP) is 3.44. The number of benzene rings is 1. The first-order chi connectivity index (χ1) is 11.0. The molecule has 1 heterocycles. The zero-order chi connectivity index (χ0) is 16.8. The van der Waals surface area contributed by atoms with Gasteiger partial charge < -0.3 is 15.0 Å². The Balaban J connectivity index is 1.93. The fourth-order valence-electron chi connectivity index (χ4n) is 3.18. The molecule has 2 rings (SSSR count). The zero-order valence-corrected chi connectivity index (χ0v) is 15.9. The van der Waals surface area contributed by atoms with E-state index in [1.165, 1.54) is 12.8 Å². The van der Waals surface area contributed by atoms with Crippen molar-refractivity contribution in [3.63, 3.8) is 0 Å². The first-order valence-corrected chi connectivity index (χ1v) is 9.07. The molecule has 1 aliphatic heterocycles. The molecule has 0 saturated carbocycles. The van der Waals surface area contributed by atoms with Crippen LogP contribution in [0, 0.1) is 11.8 Å². The van der Waals surface area contributed by atoms with Gasteiger partial charge >= 0.3 is 0 Å². The minimum atomic E-state index is 0.199. The standard InChI is InChI=1S/C18H27BrN2O2/c1-13(14-5-4-8-20-11-14)9-18(22)21(2)12-15-10-16(19)6-7-17(15)23-3/h6-7,10,13-14,20H,4-5,8-9,11-12H2,1-3H3. The first kappa shape index (κ1) is 18.3. The molecule has 128 valence electrons. The van der Waals surface area contributed by atoms with Crippen molar-refractivity contribution in [2.45, 2.75) is 32.7 Å². The maximum atomic E-state index is 12.5. The molecular formula is C18H27BrN2O2. The van der Waals surface area contributed by atoms with E-state index in [0.29, 0.717) is 24.8 Å². The number of hydrogen-bond donors (Lipinski definition) is 1. The van der Waals surface area contributed by atoms with E-state index >= 15 is 0 Å². The van der Waals surface area contributed by atoms with Gasteiger partial charge in [0.15, 0.2) is 0 Å². The van der Waals surface area contributed by atoms with Crippen molar-refractivity contribution in [3.05, 3.63) is 28.2 Å². The third kappa shape index (κ3) is 5.21. The summed E-state index contributed by atoms with van der Waals surface area (Å²) in [6.45, 7) is 4.91. The van der Waals surface area contributed by atoms with Crippen molar-refractivity contribution < 1.29 is 9.53 Å². The van der Waals surface area contributed by atoms with Crippen LogP contribution in [0.5, 0.6) is 5.75 Å². The summed E-state index contributed by atoms with van der Waals surface area (Å²) in [5, 5.41) is 3.43. The van der Waals surface area contributed by atoms with Gasteiger partial charge in [0.25, 0.3) is 0 Å². The highest BCUT2D eigenvalue weighted by Crippen LogP contribution is 2.26. The summed E-state index contributed by atoms with van der Waals surface area (Å²) in [7, 11) is 3.53. The van der Waals surface area contributed by atoms with Crippen LogP contribution in [0.4, 0.5) is 0 Å². The minimum Gasteiger partial charge on any atom is -0.496 e. The second-order valence-corrected chi connectivity index (χ2v) is 7.41. The Kier molecular flexibility index (Phi) is 6.90. The fraction of sp³-hybridized carbons (Fsp3) is 0.611. The second kappa shape index (κ2) is 8.69. The minimum absolute atomic E-state index is 0.199. The van der Waals surface area contributed by atoms with Crippen LogP contribution in [0.15, 0.2) is 22.7 Å². The number of halogens is 1. The predicted molar refractivity (Wildman–Crippen MR) is 96.5 cm³/mol. The summed E-state index contributed by atoms with van der Waals surface area (Å²) in [6, 6.07) is 5.88. The number of methoxy groups -OCH3 is 1. The van der Waals surface area contributed by atoms with E-state index in [-0.39, 0.29) is 5.91 Å². The van der Waals surface area contributed by atoms with Gasteiger partial charge in [0, 0.05) is 30.0 Å². The van der Waals surface area contributed by atoms with Crippen LogP contribution in [0.25, 0.3) is 0 Å². The maximum absolute atomic E-state index is 12.5. The maximum Gasteiger partial charge on any atom is 0.222 e. The number of rotatable bonds is 6. The van der Waals surface area contributed by atoms with Crippen LogP contribution in [-0.4, -0.2) is 38.1 Å². The molecule has 23 heavy (non-hydrogen) atoms. The molecule has 1 saturated heterocycles. The summed E-state index contributed by atoms with van der Waals surface area (Å²) in [6.07, 6.45) is 3.05. The molecule has 5 heteroatoms. The van der Waals surface area contributed by atoms with Crippen molar-refractivity contribution in [1.82, 2.24) is 10.2 Å². The molecule has 1 aromatic rings. The second-order valence-electron chi connectivity index (χ2n) is 6.49. The van der Waals surface area contributed by atoms with Gasteiger partial charge in [-0.3, -0.25) is 4.79 Å². The number of nitrogens with one attached hydrogen (secondary N) is 1. The molecule has 0 aliphatic carbocycles. The van der Waals surface area contributed by atoms with Crippen molar-refractivity contribution >= 4 is 21.8 Å². The fourth-order valence-corrected chi connectivity index (χ4v) is 3.59. The van der Waals surface area contributed by atoms with Crippen LogP contribution in [0.2, 0.25) is 0 Å².